The fourth-order valence-corrected chi connectivity index (χ4v) is 4.53. The fraction of sp³-hybridized carbons (Fsp3) is 0.100. The van der Waals surface area contributed by atoms with Gasteiger partial charge in [-0.15, -0.1) is 0 Å². The second kappa shape index (κ2) is 9.76. The first-order valence-electron chi connectivity index (χ1n) is 10.8. The molecule has 4 aromatic rings. The van der Waals surface area contributed by atoms with Gasteiger partial charge in [-0.25, -0.2) is 0 Å². The van der Waals surface area contributed by atoms with Crippen LogP contribution in [0.2, 0.25) is 0 Å². The Hall–Kier alpha value is -3.49. The molecule has 0 bridgehead atoms. The van der Waals surface area contributed by atoms with Crippen molar-refractivity contribution in [2.45, 2.75) is 20.8 Å². The minimum atomic E-state index is 0.717. The molecule has 0 radical (unpaired) electrons. The van der Waals surface area contributed by atoms with E-state index in [0.29, 0.717) is 4.99 Å². The lowest BCUT2D eigenvalue weighted by atomic mass is 9.89. The Kier molecular flexibility index (Phi) is 6.63. The Morgan fingerprint density at radius 3 is 1.44 bits per heavy atom. The van der Waals surface area contributed by atoms with E-state index in [1.165, 1.54) is 16.7 Å². The number of benzene rings is 4. The van der Waals surface area contributed by atoms with Crippen molar-refractivity contribution >= 4 is 34.0 Å². The molecule has 0 aliphatic rings. The maximum absolute atomic E-state index is 6.10. The first kappa shape index (κ1) is 21.7. The summed E-state index contributed by atoms with van der Waals surface area (Å²) < 4.78 is 0. The number of rotatable bonds is 5. The van der Waals surface area contributed by atoms with Gasteiger partial charge in [0.25, 0.3) is 0 Å². The van der Waals surface area contributed by atoms with Gasteiger partial charge in [0.05, 0.1) is 0 Å². The molecule has 0 heterocycles. The van der Waals surface area contributed by atoms with E-state index in [9.17, 15) is 0 Å². The molecule has 0 aromatic heterocycles. The molecular formula is C30H27NS. The normalized spacial score (nSPS) is 10.5. The first-order chi connectivity index (χ1) is 15.5. The van der Waals surface area contributed by atoms with Crippen molar-refractivity contribution in [2.24, 2.45) is 0 Å². The second-order valence-electron chi connectivity index (χ2n) is 8.08. The summed E-state index contributed by atoms with van der Waals surface area (Å²) in [7, 11) is 0. The quantitative estimate of drug-likeness (QED) is 0.194. The molecule has 0 aliphatic carbocycles. The van der Waals surface area contributed by atoms with E-state index in [0.717, 1.165) is 33.5 Å². The molecule has 0 spiro atoms. The lowest BCUT2D eigenvalue weighted by Gasteiger charge is -2.21. The van der Waals surface area contributed by atoms with Gasteiger partial charge in [0, 0.05) is 11.3 Å². The van der Waals surface area contributed by atoms with Gasteiger partial charge >= 0.3 is 0 Å². The van der Waals surface area contributed by atoms with Crippen LogP contribution in [0.4, 0.5) is 5.69 Å². The zero-order valence-corrected chi connectivity index (χ0v) is 19.5. The van der Waals surface area contributed by atoms with Gasteiger partial charge in [0.1, 0.15) is 4.99 Å². The van der Waals surface area contributed by atoms with Crippen LogP contribution in [-0.4, -0.2) is 4.99 Å². The number of hydrogen-bond acceptors (Lipinski definition) is 1. The molecule has 0 saturated heterocycles. The second-order valence-corrected chi connectivity index (χ2v) is 8.48. The molecule has 158 valence electrons. The number of anilines is 1. The van der Waals surface area contributed by atoms with Crippen molar-refractivity contribution in [3.05, 3.63) is 137 Å². The molecule has 1 N–H and O–H groups in total. The van der Waals surface area contributed by atoms with Crippen LogP contribution in [0.5, 0.6) is 0 Å². The topological polar surface area (TPSA) is 12.0 Å². The zero-order valence-electron chi connectivity index (χ0n) is 18.7. The van der Waals surface area contributed by atoms with E-state index in [1.807, 2.05) is 18.2 Å². The summed E-state index contributed by atoms with van der Waals surface area (Å²) in [6, 6.07) is 35.8. The highest BCUT2D eigenvalue weighted by Gasteiger charge is 2.19. The molecule has 0 amide bonds. The molecule has 0 unspecified atom stereocenters. The SMILES string of the molecule is Cc1cc(C)c(NC(=S)C(=C(c2ccccc2)c2ccccc2)c2ccccc2)c(C)c1. The van der Waals surface area contributed by atoms with Crippen LogP contribution >= 0.6 is 12.2 Å². The lowest BCUT2D eigenvalue weighted by molar-refractivity contribution is 1.32. The Balaban J connectivity index is 1.95. The molecular weight excluding hydrogens is 406 g/mol. The first-order valence-corrected chi connectivity index (χ1v) is 11.2. The van der Waals surface area contributed by atoms with Crippen LogP contribution in [0.3, 0.4) is 0 Å². The zero-order chi connectivity index (χ0) is 22.5. The Bertz CT molecular complexity index is 1190. The van der Waals surface area contributed by atoms with E-state index in [4.69, 9.17) is 12.2 Å². The summed E-state index contributed by atoms with van der Waals surface area (Å²) in [4.78, 5) is 0.717. The lowest BCUT2D eigenvalue weighted by Crippen LogP contribution is -2.15. The summed E-state index contributed by atoms with van der Waals surface area (Å²) in [6.07, 6.45) is 0. The van der Waals surface area contributed by atoms with Gasteiger partial charge in [0.2, 0.25) is 0 Å². The summed E-state index contributed by atoms with van der Waals surface area (Å²) in [5.41, 5.74) is 10.2. The number of hydrogen-bond donors (Lipinski definition) is 1. The Labute approximate surface area is 196 Å². The van der Waals surface area contributed by atoms with E-state index in [2.05, 4.69) is 111 Å². The van der Waals surface area contributed by atoms with Gasteiger partial charge < -0.3 is 5.32 Å². The van der Waals surface area contributed by atoms with E-state index in [-0.39, 0.29) is 0 Å². The van der Waals surface area contributed by atoms with Crippen molar-refractivity contribution in [1.29, 1.82) is 0 Å². The molecule has 2 heteroatoms. The Morgan fingerprint density at radius 2 is 1.00 bits per heavy atom. The highest BCUT2D eigenvalue weighted by molar-refractivity contribution is 7.81. The average Bonchev–Trinajstić information content (AvgIpc) is 2.81. The maximum Gasteiger partial charge on any atom is 0.112 e. The maximum atomic E-state index is 6.10. The number of aryl methyl sites for hydroxylation is 3. The minimum absolute atomic E-state index is 0.717. The molecule has 1 nitrogen and oxygen atoms in total. The van der Waals surface area contributed by atoms with E-state index >= 15 is 0 Å². The summed E-state index contributed by atoms with van der Waals surface area (Å²) in [5, 5.41) is 3.60. The highest BCUT2D eigenvalue weighted by Crippen LogP contribution is 2.34. The summed E-state index contributed by atoms with van der Waals surface area (Å²) in [5.74, 6) is 0. The predicted molar refractivity (Wildman–Crippen MR) is 142 cm³/mol. The van der Waals surface area contributed by atoms with Crippen molar-refractivity contribution in [3.8, 4) is 0 Å². The molecule has 0 atom stereocenters. The van der Waals surface area contributed by atoms with Crippen LogP contribution in [0.1, 0.15) is 33.4 Å². The van der Waals surface area contributed by atoms with Crippen molar-refractivity contribution in [1.82, 2.24) is 0 Å². The minimum Gasteiger partial charge on any atom is -0.346 e. The molecule has 4 aromatic carbocycles. The standard InChI is InChI=1S/C30H27NS/c1-21-19-22(2)29(23(3)20-21)31-30(32)28(26-17-11-6-12-18-26)27(24-13-7-4-8-14-24)25-15-9-5-10-16-25/h4-20H,1-3H3,(H,31,32). The Morgan fingerprint density at radius 1 is 0.594 bits per heavy atom. The third-order valence-corrected chi connectivity index (χ3v) is 5.89. The van der Waals surface area contributed by atoms with Crippen molar-refractivity contribution in [2.75, 3.05) is 5.32 Å². The number of thiocarbonyl (C=S) groups is 1. The summed E-state index contributed by atoms with van der Waals surface area (Å²) in [6.45, 7) is 6.39. The smallest absolute Gasteiger partial charge is 0.112 e. The van der Waals surface area contributed by atoms with Gasteiger partial charge in [-0.1, -0.05) is 121 Å². The average molecular weight is 434 g/mol. The molecule has 0 saturated carbocycles. The van der Waals surface area contributed by atoms with Crippen molar-refractivity contribution < 1.29 is 0 Å². The molecule has 0 aliphatic heterocycles. The third kappa shape index (κ3) is 4.71. The van der Waals surface area contributed by atoms with E-state index < -0.39 is 0 Å². The molecule has 4 rings (SSSR count). The van der Waals surface area contributed by atoms with Crippen LogP contribution in [-0.2, 0) is 0 Å². The van der Waals surface area contributed by atoms with Crippen LogP contribution in [0.15, 0.2) is 103 Å². The van der Waals surface area contributed by atoms with Crippen molar-refractivity contribution in [3.63, 3.8) is 0 Å². The van der Waals surface area contributed by atoms with Crippen LogP contribution in [0, 0.1) is 20.8 Å². The fourth-order valence-electron chi connectivity index (χ4n) is 4.21. The van der Waals surface area contributed by atoms with Gasteiger partial charge in [-0.05, 0) is 54.2 Å². The van der Waals surface area contributed by atoms with Crippen LogP contribution < -0.4 is 5.32 Å². The van der Waals surface area contributed by atoms with Gasteiger partial charge in [0.15, 0.2) is 0 Å². The molecule has 0 fully saturated rings. The predicted octanol–water partition coefficient (Wildman–Crippen LogP) is 8.01. The molecule has 32 heavy (non-hydrogen) atoms. The highest BCUT2D eigenvalue weighted by atomic mass is 32.1. The van der Waals surface area contributed by atoms with Gasteiger partial charge in [-0.2, -0.15) is 0 Å². The monoisotopic (exact) mass is 433 g/mol. The third-order valence-electron chi connectivity index (χ3n) is 5.58. The van der Waals surface area contributed by atoms with Crippen LogP contribution in [0.25, 0.3) is 11.1 Å². The summed E-state index contributed by atoms with van der Waals surface area (Å²) >= 11 is 6.10. The van der Waals surface area contributed by atoms with Gasteiger partial charge in [-0.3, -0.25) is 0 Å². The largest absolute Gasteiger partial charge is 0.346 e. The van der Waals surface area contributed by atoms with E-state index in [1.54, 1.807) is 0 Å². The number of nitrogens with one attached hydrogen (secondary N) is 1.